The molecule has 0 N–H and O–H groups in total. The molecule has 0 atom stereocenters. The summed E-state index contributed by atoms with van der Waals surface area (Å²) in [6.07, 6.45) is 0. The fourth-order valence-corrected chi connectivity index (χ4v) is 0.840. The van der Waals surface area contributed by atoms with Crippen molar-refractivity contribution in [3.8, 4) is 0 Å². The molecule has 0 heterocycles. The Morgan fingerprint density at radius 2 is 1.78 bits per heavy atom. The highest BCUT2D eigenvalue weighted by Crippen LogP contribution is 2.15. The molecule has 0 aromatic heterocycles. The van der Waals surface area contributed by atoms with Gasteiger partial charge < -0.3 is 9.47 Å². The fourth-order valence-electron chi connectivity index (χ4n) is 0.432. The summed E-state index contributed by atoms with van der Waals surface area (Å²) in [5.41, 5.74) is 0. The molecule has 0 radical (unpaired) electrons. The van der Waals surface area contributed by atoms with Crippen molar-refractivity contribution in [1.82, 2.24) is 0 Å². The van der Waals surface area contributed by atoms with Crippen LogP contribution in [0.15, 0.2) is 11.8 Å². The quantitative estimate of drug-likeness (QED) is 0.408. The second-order valence-corrected chi connectivity index (χ2v) is 3.34. The van der Waals surface area contributed by atoms with Crippen LogP contribution in [0.25, 0.3) is 0 Å². The summed E-state index contributed by atoms with van der Waals surface area (Å²) in [4.78, 5) is 0. The van der Waals surface area contributed by atoms with Gasteiger partial charge in [-0.2, -0.15) is 0 Å². The Kier molecular flexibility index (Phi) is 3.11. The molecular weight excluding hydrogens is 132 g/mol. The highest BCUT2D eigenvalue weighted by molar-refractivity contribution is 6.22. The van der Waals surface area contributed by atoms with Gasteiger partial charge in [0.25, 0.3) is 0 Å². The minimum atomic E-state index is -0.549. The highest BCUT2D eigenvalue weighted by atomic mass is 28.1. The molecule has 9 heavy (non-hydrogen) atoms. The van der Waals surface area contributed by atoms with E-state index in [9.17, 15) is 0 Å². The maximum atomic E-state index is 5.06. The van der Waals surface area contributed by atoms with Crippen LogP contribution in [0.1, 0.15) is 6.92 Å². The van der Waals surface area contributed by atoms with Crippen molar-refractivity contribution in [3.05, 3.63) is 11.8 Å². The summed E-state index contributed by atoms with van der Waals surface area (Å²) in [5.74, 6) is -0.549. The first-order chi connectivity index (χ1) is 4.06. The van der Waals surface area contributed by atoms with E-state index < -0.39 is 5.79 Å². The van der Waals surface area contributed by atoms with E-state index in [2.05, 4.69) is 6.58 Å². The van der Waals surface area contributed by atoms with E-state index in [1.165, 1.54) is 0 Å². The predicted molar refractivity (Wildman–Crippen MR) is 41.5 cm³/mol. The van der Waals surface area contributed by atoms with Crippen LogP contribution in [-0.4, -0.2) is 30.2 Å². The summed E-state index contributed by atoms with van der Waals surface area (Å²) < 4.78 is 10.1. The van der Waals surface area contributed by atoms with Crippen molar-refractivity contribution in [2.45, 2.75) is 12.7 Å². The topological polar surface area (TPSA) is 18.5 Å². The van der Waals surface area contributed by atoms with Crippen LogP contribution < -0.4 is 0 Å². The lowest BCUT2D eigenvalue weighted by Crippen LogP contribution is -2.31. The average Bonchev–Trinajstić information content (AvgIpc) is 1.86. The minimum absolute atomic E-state index is 0.549. The van der Waals surface area contributed by atoms with Crippen molar-refractivity contribution in [3.63, 3.8) is 0 Å². The molecule has 0 saturated heterocycles. The molecule has 2 nitrogen and oxygen atoms in total. The van der Waals surface area contributed by atoms with E-state index in [0.717, 1.165) is 15.4 Å². The van der Waals surface area contributed by atoms with E-state index in [4.69, 9.17) is 9.47 Å². The summed E-state index contributed by atoms with van der Waals surface area (Å²) in [5, 5.41) is 1.01. The van der Waals surface area contributed by atoms with Gasteiger partial charge in [0, 0.05) is 24.5 Å². The van der Waals surface area contributed by atoms with Gasteiger partial charge in [-0.25, -0.2) is 0 Å². The van der Waals surface area contributed by atoms with Crippen LogP contribution in [0.3, 0.4) is 0 Å². The van der Waals surface area contributed by atoms with Crippen molar-refractivity contribution in [1.29, 1.82) is 0 Å². The van der Waals surface area contributed by atoms with Gasteiger partial charge >= 0.3 is 0 Å². The van der Waals surface area contributed by atoms with Gasteiger partial charge in [-0.3, -0.25) is 0 Å². The number of hydrogen-bond acceptors (Lipinski definition) is 2. The number of rotatable bonds is 3. The zero-order valence-electron chi connectivity index (χ0n) is 6.52. The molecule has 3 heteroatoms. The Balaban J connectivity index is 4.09. The Bertz CT molecular complexity index is 108. The summed E-state index contributed by atoms with van der Waals surface area (Å²) in [6.45, 7) is 5.64. The Labute approximate surface area is 59.3 Å². The second-order valence-electron chi connectivity index (χ2n) is 2.13. The molecule has 0 aromatic rings. The molecule has 0 unspecified atom stereocenters. The summed E-state index contributed by atoms with van der Waals surface area (Å²) >= 11 is 0. The van der Waals surface area contributed by atoms with Crippen LogP contribution in [0.5, 0.6) is 0 Å². The van der Waals surface area contributed by atoms with Gasteiger partial charge in [0.1, 0.15) is 0 Å². The van der Waals surface area contributed by atoms with Gasteiger partial charge in [0.2, 0.25) is 0 Å². The summed E-state index contributed by atoms with van der Waals surface area (Å²) in [7, 11) is 4.14. The largest absolute Gasteiger partial charge is 0.350 e. The normalized spacial score (nSPS) is 11.9. The first kappa shape index (κ1) is 8.88. The number of methoxy groups -OCH3 is 2. The standard InChI is InChI=1S/C6H14O2Si/c1-5(9)6(2,7-3)8-4/h1H2,2-4,9H3. The average molecular weight is 146 g/mol. The maximum absolute atomic E-state index is 5.06. The van der Waals surface area contributed by atoms with Gasteiger partial charge in [0.05, 0.1) is 0 Å². The Morgan fingerprint density at radius 1 is 1.44 bits per heavy atom. The van der Waals surface area contributed by atoms with Crippen molar-refractivity contribution in [2.75, 3.05) is 14.2 Å². The van der Waals surface area contributed by atoms with Crippen molar-refractivity contribution in [2.24, 2.45) is 0 Å². The monoisotopic (exact) mass is 146 g/mol. The molecule has 0 aromatic carbocycles. The molecule has 0 saturated carbocycles. The third-order valence-electron chi connectivity index (χ3n) is 1.55. The lowest BCUT2D eigenvalue weighted by atomic mass is 10.3. The number of hydrogen-bond donors (Lipinski definition) is 0. The third kappa shape index (κ3) is 1.93. The van der Waals surface area contributed by atoms with Crippen LogP contribution in [0.4, 0.5) is 0 Å². The van der Waals surface area contributed by atoms with Crippen LogP contribution in [-0.2, 0) is 9.47 Å². The number of ether oxygens (including phenoxy) is 2. The molecule has 54 valence electrons. The molecule has 0 aliphatic carbocycles. The lowest BCUT2D eigenvalue weighted by Gasteiger charge is -2.26. The second kappa shape index (κ2) is 3.15. The van der Waals surface area contributed by atoms with E-state index in [1.54, 1.807) is 14.2 Å². The van der Waals surface area contributed by atoms with E-state index in [-0.39, 0.29) is 0 Å². The van der Waals surface area contributed by atoms with E-state index in [0.29, 0.717) is 0 Å². The highest BCUT2D eigenvalue weighted by Gasteiger charge is 2.22. The third-order valence-corrected chi connectivity index (χ3v) is 2.46. The van der Waals surface area contributed by atoms with E-state index in [1.807, 2.05) is 6.92 Å². The molecule has 0 amide bonds. The van der Waals surface area contributed by atoms with Gasteiger partial charge in [0.15, 0.2) is 5.79 Å². The smallest absolute Gasteiger partial charge is 0.182 e. The molecular formula is C6H14O2Si. The minimum Gasteiger partial charge on any atom is -0.350 e. The molecule has 0 rings (SSSR count). The molecule has 0 bridgehead atoms. The van der Waals surface area contributed by atoms with Crippen LogP contribution in [0, 0.1) is 0 Å². The van der Waals surface area contributed by atoms with E-state index >= 15 is 0 Å². The molecule has 0 aliphatic heterocycles. The predicted octanol–water partition coefficient (Wildman–Crippen LogP) is -0.126. The zero-order valence-corrected chi connectivity index (χ0v) is 8.52. The Morgan fingerprint density at radius 3 is 1.78 bits per heavy atom. The van der Waals surface area contributed by atoms with Crippen LogP contribution >= 0.6 is 0 Å². The van der Waals surface area contributed by atoms with Crippen LogP contribution in [0.2, 0.25) is 0 Å². The Hall–Kier alpha value is -0.123. The SMILES string of the molecule is C=C([SiH3])C(C)(OC)OC. The fraction of sp³-hybridized carbons (Fsp3) is 0.667. The summed E-state index contributed by atoms with van der Waals surface area (Å²) in [6, 6.07) is 0. The first-order valence-electron chi connectivity index (χ1n) is 2.83. The van der Waals surface area contributed by atoms with Gasteiger partial charge in [-0.1, -0.05) is 6.58 Å². The maximum Gasteiger partial charge on any atom is 0.182 e. The zero-order chi connectivity index (χ0) is 7.49. The molecule has 0 spiro atoms. The molecule has 0 aliphatic rings. The van der Waals surface area contributed by atoms with Crippen molar-refractivity contribution >= 4 is 10.2 Å². The first-order valence-corrected chi connectivity index (χ1v) is 3.83. The van der Waals surface area contributed by atoms with Crippen molar-refractivity contribution < 1.29 is 9.47 Å². The molecule has 0 fully saturated rings. The van der Waals surface area contributed by atoms with Gasteiger partial charge in [-0.05, 0) is 12.1 Å². The van der Waals surface area contributed by atoms with Gasteiger partial charge in [-0.15, -0.1) is 0 Å². The lowest BCUT2D eigenvalue weighted by molar-refractivity contribution is -0.159.